The van der Waals surface area contributed by atoms with Crippen molar-refractivity contribution < 1.29 is 9.21 Å². The fraction of sp³-hybridized carbons (Fsp3) is 0.650. The van der Waals surface area contributed by atoms with Gasteiger partial charge in [0.2, 0.25) is 5.91 Å². The third kappa shape index (κ3) is 2.91. The zero-order chi connectivity index (χ0) is 19.2. The van der Waals surface area contributed by atoms with Crippen molar-refractivity contribution in [2.75, 3.05) is 5.75 Å². The molecule has 0 spiro atoms. The Balaban J connectivity index is 1.39. The summed E-state index contributed by atoms with van der Waals surface area (Å²) >= 11 is 1.44. The fourth-order valence-corrected chi connectivity index (χ4v) is 5.87. The molecule has 3 unspecified atom stereocenters. The van der Waals surface area contributed by atoms with E-state index in [1.54, 1.807) is 6.26 Å². The number of nitrogens with one attached hydrogen (secondary N) is 1. The van der Waals surface area contributed by atoms with E-state index in [1.165, 1.54) is 24.6 Å². The van der Waals surface area contributed by atoms with Gasteiger partial charge in [0.25, 0.3) is 0 Å². The average Bonchev–Trinajstić information content (AvgIpc) is 3.36. The molecule has 0 aromatic carbocycles. The molecule has 0 radical (unpaired) electrons. The molecule has 0 aliphatic heterocycles. The summed E-state index contributed by atoms with van der Waals surface area (Å²) in [5, 5.41) is 12.6. The van der Waals surface area contributed by atoms with Gasteiger partial charge in [-0.1, -0.05) is 32.5 Å². The van der Waals surface area contributed by atoms with Crippen molar-refractivity contribution in [1.29, 1.82) is 0 Å². The highest BCUT2D eigenvalue weighted by atomic mass is 32.2. The zero-order valence-electron chi connectivity index (χ0n) is 16.5. The van der Waals surface area contributed by atoms with Crippen LogP contribution in [-0.2, 0) is 11.3 Å². The maximum absolute atomic E-state index is 12.6. The minimum Gasteiger partial charge on any atom is -0.461 e. The van der Waals surface area contributed by atoms with Crippen LogP contribution < -0.4 is 5.32 Å². The molecule has 0 saturated heterocycles. The largest absolute Gasteiger partial charge is 0.461 e. The molecule has 4 rings (SSSR count). The molecular weight excluding hydrogens is 360 g/mol. The van der Waals surface area contributed by atoms with Gasteiger partial charge in [-0.3, -0.25) is 9.36 Å². The zero-order valence-corrected chi connectivity index (χ0v) is 17.3. The molecule has 2 aromatic heterocycles. The van der Waals surface area contributed by atoms with E-state index >= 15 is 0 Å². The Bertz CT molecular complexity index is 829. The molecule has 2 heterocycles. The average molecular weight is 389 g/mol. The van der Waals surface area contributed by atoms with Crippen molar-refractivity contribution in [3.05, 3.63) is 18.4 Å². The van der Waals surface area contributed by atoms with Crippen molar-refractivity contribution in [3.63, 3.8) is 0 Å². The standard InChI is InChI=1S/C20H28N4O2S/c1-5-24-17(14-7-6-10-26-14)22-23-18(24)27-12-16(25)21-15-11-13-8-9-20(15,4)19(13,2)3/h6-7,10,13,15H,5,8-9,11-12H2,1-4H3,(H,21,25). The Morgan fingerprint density at radius 2 is 2.22 bits per heavy atom. The number of thioether (sulfide) groups is 1. The first-order valence-electron chi connectivity index (χ1n) is 9.76. The number of aromatic nitrogens is 3. The first kappa shape index (κ1) is 18.6. The van der Waals surface area contributed by atoms with E-state index in [4.69, 9.17) is 4.42 Å². The number of rotatable bonds is 6. The molecule has 27 heavy (non-hydrogen) atoms. The van der Waals surface area contributed by atoms with Crippen molar-refractivity contribution >= 4 is 17.7 Å². The van der Waals surface area contributed by atoms with Crippen LogP contribution in [0.2, 0.25) is 0 Å². The number of carbonyl (C=O) groups excluding carboxylic acids is 1. The van der Waals surface area contributed by atoms with E-state index in [9.17, 15) is 4.79 Å². The van der Waals surface area contributed by atoms with Gasteiger partial charge < -0.3 is 9.73 Å². The summed E-state index contributed by atoms with van der Waals surface area (Å²) < 4.78 is 7.42. The topological polar surface area (TPSA) is 73.0 Å². The second kappa shape index (κ2) is 6.69. The number of furan rings is 1. The van der Waals surface area contributed by atoms with E-state index in [1.807, 2.05) is 23.6 Å². The second-order valence-corrected chi connectivity index (χ2v) is 9.49. The molecule has 146 valence electrons. The summed E-state index contributed by atoms with van der Waals surface area (Å²) in [6.07, 6.45) is 5.23. The highest BCUT2D eigenvalue weighted by molar-refractivity contribution is 7.99. The molecule has 2 aromatic rings. The quantitative estimate of drug-likeness (QED) is 0.758. The van der Waals surface area contributed by atoms with Gasteiger partial charge in [0.15, 0.2) is 16.7 Å². The lowest BCUT2D eigenvalue weighted by atomic mass is 9.69. The highest BCUT2D eigenvalue weighted by Gasteiger charge is 2.61. The SMILES string of the molecule is CCn1c(SCC(=O)NC2CC3CCC2(C)C3(C)C)nnc1-c1ccco1. The second-order valence-electron chi connectivity index (χ2n) is 8.55. The number of amides is 1. The Kier molecular flexibility index (Phi) is 4.61. The molecule has 7 heteroatoms. The van der Waals surface area contributed by atoms with Crippen LogP contribution in [0.1, 0.15) is 47.0 Å². The van der Waals surface area contributed by atoms with Gasteiger partial charge >= 0.3 is 0 Å². The Morgan fingerprint density at radius 1 is 1.41 bits per heavy atom. The number of hydrogen-bond donors (Lipinski definition) is 1. The molecule has 3 atom stereocenters. The molecule has 2 aliphatic rings. The third-order valence-electron chi connectivity index (χ3n) is 7.24. The lowest BCUT2D eigenvalue weighted by molar-refractivity contribution is -0.120. The molecule has 6 nitrogen and oxygen atoms in total. The Hall–Kier alpha value is -1.76. The summed E-state index contributed by atoms with van der Waals surface area (Å²) in [5.41, 5.74) is 0.506. The van der Waals surface area contributed by atoms with Gasteiger partial charge in [0, 0.05) is 12.6 Å². The van der Waals surface area contributed by atoms with E-state index < -0.39 is 0 Å². The van der Waals surface area contributed by atoms with Gasteiger partial charge in [0.1, 0.15) is 0 Å². The van der Waals surface area contributed by atoms with Crippen LogP contribution in [0.5, 0.6) is 0 Å². The Labute approximate surface area is 164 Å². The smallest absolute Gasteiger partial charge is 0.230 e. The first-order chi connectivity index (χ1) is 12.9. The van der Waals surface area contributed by atoms with Crippen LogP contribution in [0.25, 0.3) is 11.6 Å². The summed E-state index contributed by atoms with van der Waals surface area (Å²) in [5.74, 6) is 2.55. The van der Waals surface area contributed by atoms with E-state index in [2.05, 4.69) is 36.3 Å². The van der Waals surface area contributed by atoms with Crippen LogP contribution >= 0.6 is 11.8 Å². The fourth-order valence-electron chi connectivity index (χ4n) is 5.06. The minimum absolute atomic E-state index is 0.0831. The van der Waals surface area contributed by atoms with Crippen LogP contribution in [0.15, 0.2) is 28.0 Å². The molecule has 2 aliphatic carbocycles. The lowest BCUT2D eigenvalue weighted by Crippen LogP contribution is -2.47. The minimum atomic E-state index is 0.0831. The van der Waals surface area contributed by atoms with Crippen molar-refractivity contribution in [3.8, 4) is 11.6 Å². The predicted octanol–water partition coefficient (Wildman–Crippen LogP) is 3.98. The third-order valence-corrected chi connectivity index (χ3v) is 8.20. The number of fused-ring (bicyclic) bond motifs is 2. The summed E-state index contributed by atoms with van der Waals surface area (Å²) in [7, 11) is 0. The molecule has 1 amide bonds. The maximum atomic E-state index is 12.6. The van der Waals surface area contributed by atoms with Crippen molar-refractivity contribution in [2.24, 2.45) is 16.7 Å². The predicted molar refractivity (Wildman–Crippen MR) is 105 cm³/mol. The lowest BCUT2D eigenvalue weighted by Gasteiger charge is -2.39. The number of carbonyl (C=O) groups is 1. The molecule has 2 saturated carbocycles. The van der Waals surface area contributed by atoms with Crippen LogP contribution in [0.3, 0.4) is 0 Å². The maximum Gasteiger partial charge on any atom is 0.230 e. The van der Waals surface area contributed by atoms with Gasteiger partial charge in [-0.25, -0.2) is 0 Å². The van der Waals surface area contributed by atoms with Crippen LogP contribution in [0.4, 0.5) is 0 Å². The van der Waals surface area contributed by atoms with Crippen molar-refractivity contribution in [1.82, 2.24) is 20.1 Å². The van der Waals surface area contributed by atoms with E-state index in [0.717, 1.165) is 24.0 Å². The van der Waals surface area contributed by atoms with E-state index in [0.29, 0.717) is 22.8 Å². The van der Waals surface area contributed by atoms with Gasteiger partial charge in [-0.2, -0.15) is 0 Å². The monoisotopic (exact) mass is 388 g/mol. The summed E-state index contributed by atoms with van der Waals surface area (Å²) in [6.45, 7) is 9.85. The normalized spacial score (nSPS) is 28.6. The first-order valence-corrected chi connectivity index (χ1v) is 10.7. The summed E-state index contributed by atoms with van der Waals surface area (Å²) in [6, 6.07) is 3.98. The summed E-state index contributed by atoms with van der Waals surface area (Å²) in [4.78, 5) is 12.6. The Morgan fingerprint density at radius 3 is 2.81 bits per heavy atom. The molecule has 2 fully saturated rings. The molecule has 1 N–H and O–H groups in total. The van der Waals surface area contributed by atoms with Crippen LogP contribution in [-0.4, -0.2) is 32.5 Å². The molecule has 2 bridgehead atoms. The van der Waals surface area contributed by atoms with Crippen LogP contribution in [0, 0.1) is 16.7 Å². The number of nitrogens with zero attached hydrogens (tertiary/aromatic N) is 3. The number of hydrogen-bond acceptors (Lipinski definition) is 5. The van der Waals surface area contributed by atoms with Gasteiger partial charge in [-0.15, -0.1) is 10.2 Å². The highest BCUT2D eigenvalue weighted by Crippen LogP contribution is 2.65. The van der Waals surface area contributed by atoms with E-state index in [-0.39, 0.29) is 17.4 Å². The molecular formula is C20H28N4O2S. The van der Waals surface area contributed by atoms with Gasteiger partial charge in [-0.05, 0) is 55.1 Å². The van der Waals surface area contributed by atoms with Gasteiger partial charge in [0.05, 0.1) is 12.0 Å². The van der Waals surface area contributed by atoms with Crippen molar-refractivity contribution in [2.45, 2.75) is 64.7 Å².